The minimum atomic E-state index is -0.484. The van der Waals surface area contributed by atoms with Gasteiger partial charge in [0.15, 0.2) is 0 Å². The van der Waals surface area contributed by atoms with Crippen LogP contribution in [0.2, 0.25) is 0 Å². The number of benzene rings is 2. The molecule has 0 saturated carbocycles. The van der Waals surface area contributed by atoms with Crippen molar-refractivity contribution in [2.75, 3.05) is 18.4 Å². The number of carbonyl (C=O) groups excluding carboxylic acids is 2. The Morgan fingerprint density at radius 2 is 1.76 bits per heavy atom. The van der Waals surface area contributed by atoms with Crippen molar-refractivity contribution in [3.63, 3.8) is 0 Å². The molecule has 0 saturated heterocycles. The summed E-state index contributed by atoms with van der Waals surface area (Å²) in [6.45, 7) is 6.59. The molecule has 2 amide bonds. The number of nitrogens with one attached hydrogen (secondary N) is 1. The van der Waals surface area contributed by atoms with Gasteiger partial charge in [-0.25, -0.2) is 9.07 Å². The van der Waals surface area contributed by atoms with E-state index in [2.05, 4.69) is 15.4 Å². The van der Waals surface area contributed by atoms with Gasteiger partial charge in [-0.3, -0.25) is 14.6 Å². The number of carbonyl (C=O) groups is 2. The van der Waals surface area contributed by atoms with Crippen LogP contribution in [0.25, 0.3) is 16.6 Å². The Morgan fingerprint density at radius 1 is 1.03 bits per heavy atom. The number of amides is 2. The zero-order valence-electron chi connectivity index (χ0n) is 18.7. The van der Waals surface area contributed by atoms with E-state index in [0.29, 0.717) is 35.4 Å². The first-order valence-electron chi connectivity index (χ1n) is 10.7. The summed E-state index contributed by atoms with van der Waals surface area (Å²) in [5.41, 5.74) is 2.36. The van der Waals surface area contributed by atoms with Crippen molar-refractivity contribution in [2.24, 2.45) is 0 Å². The fourth-order valence-corrected chi connectivity index (χ4v) is 3.76. The molecule has 8 heteroatoms. The van der Waals surface area contributed by atoms with Crippen molar-refractivity contribution in [1.82, 2.24) is 19.7 Å². The fourth-order valence-electron chi connectivity index (χ4n) is 3.76. The Morgan fingerprint density at radius 3 is 2.45 bits per heavy atom. The van der Waals surface area contributed by atoms with Crippen LogP contribution in [-0.2, 0) is 0 Å². The molecule has 0 bridgehead atoms. The Bertz CT molecular complexity index is 1330. The summed E-state index contributed by atoms with van der Waals surface area (Å²) >= 11 is 0. The van der Waals surface area contributed by atoms with Gasteiger partial charge < -0.3 is 10.2 Å². The average molecular weight is 445 g/mol. The molecule has 0 atom stereocenters. The lowest BCUT2D eigenvalue weighted by Gasteiger charge is -2.19. The average Bonchev–Trinajstić information content (AvgIpc) is 3.23. The first-order valence-corrected chi connectivity index (χ1v) is 10.7. The van der Waals surface area contributed by atoms with Crippen LogP contribution in [0.15, 0.2) is 60.8 Å². The molecule has 33 heavy (non-hydrogen) atoms. The zero-order valence-corrected chi connectivity index (χ0v) is 18.7. The van der Waals surface area contributed by atoms with E-state index >= 15 is 0 Å². The van der Waals surface area contributed by atoms with Crippen molar-refractivity contribution < 1.29 is 14.0 Å². The summed E-state index contributed by atoms with van der Waals surface area (Å²) in [4.78, 5) is 32.6. The molecule has 1 N–H and O–H groups in total. The van der Waals surface area contributed by atoms with Gasteiger partial charge in [-0.1, -0.05) is 18.2 Å². The molecule has 0 aliphatic carbocycles. The summed E-state index contributed by atoms with van der Waals surface area (Å²) in [5.74, 6) is -0.933. The maximum absolute atomic E-state index is 14.0. The third kappa shape index (κ3) is 4.32. The monoisotopic (exact) mass is 445 g/mol. The molecule has 0 fully saturated rings. The van der Waals surface area contributed by atoms with Gasteiger partial charge in [-0.05, 0) is 57.2 Å². The summed E-state index contributed by atoms with van der Waals surface area (Å²) in [7, 11) is 0. The topological polar surface area (TPSA) is 80.1 Å². The number of aryl methyl sites for hydroxylation is 1. The van der Waals surface area contributed by atoms with Crippen LogP contribution in [0.5, 0.6) is 0 Å². The van der Waals surface area contributed by atoms with E-state index in [4.69, 9.17) is 0 Å². The SMILES string of the molecule is CCN(CC)C(=O)c1cnn(-c2ccccc2)c1NC(=O)c1cc(C)nc2ccc(F)cc12. The molecular weight excluding hydrogens is 421 g/mol. The molecule has 0 unspecified atom stereocenters. The van der Waals surface area contributed by atoms with Gasteiger partial charge in [0.05, 0.1) is 23.0 Å². The third-order valence-electron chi connectivity index (χ3n) is 5.43. The number of pyridine rings is 1. The summed E-state index contributed by atoms with van der Waals surface area (Å²) in [6, 6.07) is 15.0. The predicted molar refractivity (Wildman–Crippen MR) is 125 cm³/mol. The number of halogens is 1. The van der Waals surface area contributed by atoms with Crippen molar-refractivity contribution in [1.29, 1.82) is 0 Å². The molecule has 0 aliphatic heterocycles. The van der Waals surface area contributed by atoms with E-state index in [9.17, 15) is 14.0 Å². The standard InChI is InChI=1S/C25H24FN5O2/c1-4-30(5-2)25(33)21-15-27-31(18-9-7-6-8-10-18)23(21)29-24(32)20-13-16(3)28-22-12-11-17(26)14-19(20)22/h6-15H,4-5H2,1-3H3,(H,29,32). The highest BCUT2D eigenvalue weighted by Crippen LogP contribution is 2.25. The summed E-state index contributed by atoms with van der Waals surface area (Å²) in [5, 5.41) is 7.63. The van der Waals surface area contributed by atoms with Gasteiger partial charge in [-0.15, -0.1) is 0 Å². The Kier molecular flexibility index (Phi) is 6.17. The second kappa shape index (κ2) is 9.20. The van der Waals surface area contributed by atoms with Crippen LogP contribution in [0, 0.1) is 12.7 Å². The Labute approximate surface area is 190 Å². The molecule has 4 rings (SSSR count). The summed E-state index contributed by atoms with van der Waals surface area (Å²) in [6.07, 6.45) is 1.46. The smallest absolute Gasteiger partial charge is 0.259 e. The molecular formula is C25H24FN5O2. The molecule has 0 radical (unpaired) electrons. The van der Waals surface area contributed by atoms with Crippen molar-refractivity contribution >= 4 is 28.5 Å². The Hall–Kier alpha value is -4.07. The number of hydrogen-bond donors (Lipinski definition) is 1. The van der Waals surface area contributed by atoms with Crippen molar-refractivity contribution in [2.45, 2.75) is 20.8 Å². The molecule has 0 aliphatic rings. The highest BCUT2D eigenvalue weighted by molar-refractivity contribution is 6.14. The maximum Gasteiger partial charge on any atom is 0.259 e. The van der Waals surface area contributed by atoms with Gasteiger partial charge in [0.2, 0.25) is 0 Å². The molecule has 2 heterocycles. The second-order valence-electron chi connectivity index (χ2n) is 7.56. The van der Waals surface area contributed by atoms with E-state index in [-0.39, 0.29) is 22.9 Å². The lowest BCUT2D eigenvalue weighted by Crippen LogP contribution is -2.31. The zero-order chi connectivity index (χ0) is 23.5. The number of anilines is 1. The van der Waals surface area contributed by atoms with Crippen molar-refractivity contribution in [3.05, 3.63) is 83.4 Å². The molecule has 168 valence electrons. The largest absolute Gasteiger partial charge is 0.339 e. The first-order chi connectivity index (χ1) is 15.9. The highest BCUT2D eigenvalue weighted by atomic mass is 19.1. The van der Waals surface area contributed by atoms with Gasteiger partial charge in [0, 0.05) is 24.2 Å². The molecule has 7 nitrogen and oxygen atoms in total. The van der Waals surface area contributed by atoms with Crippen LogP contribution in [0.1, 0.15) is 40.3 Å². The number of para-hydroxylation sites is 1. The fraction of sp³-hybridized carbons (Fsp3) is 0.200. The van der Waals surface area contributed by atoms with E-state index in [1.165, 1.54) is 29.1 Å². The normalized spacial score (nSPS) is 10.9. The lowest BCUT2D eigenvalue weighted by molar-refractivity contribution is 0.0774. The minimum absolute atomic E-state index is 0.237. The number of hydrogen-bond acceptors (Lipinski definition) is 4. The van der Waals surface area contributed by atoms with Crippen LogP contribution in [0.3, 0.4) is 0 Å². The Balaban J connectivity index is 1.82. The van der Waals surface area contributed by atoms with Gasteiger partial charge >= 0.3 is 0 Å². The molecule has 0 spiro atoms. The second-order valence-corrected chi connectivity index (χ2v) is 7.56. The van der Waals surface area contributed by atoms with Crippen LogP contribution in [0.4, 0.5) is 10.2 Å². The van der Waals surface area contributed by atoms with E-state index in [1.807, 2.05) is 44.2 Å². The van der Waals surface area contributed by atoms with Gasteiger partial charge in [-0.2, -0.15) is 5.10 Å². The lowest BCUT2D eigenvalue weighted by atomic mass is 10.1. The van der Waals surface area contributed by atoms with Gasteiger partial charge in [0.25, 0.3) is 11.8 Å². The van der Waals surface area contributed by atoms with Crippen LogP contribution >= 0.6 is 0 Å². The molecule has 2 aromatic heterocycles. The molecule has 4 aromatic rings. The molecule has 2 aromatic carbocycles. The maximum atomic E-state index is 14.0. The van der Waals surface area contributed by atoms with Crippen LogP contribution < -0.4 is 5.32 Å². The quantitative estimate of drug-likeness (QED) is 0.470. The predicted octanol–water partition coefficient (Wildman–Crippen LogP) is 4.60. The van der Waals surface area contributed by atoms with Crippen molar-refractivity contribution in [3.8, 4) is 5.69 Å². The van der Waals surface area contributed by atoms with Crippen LogP contribution in [-0.4, -0.2) is 44.6 Å². The number of fused-ring (bicyclic) bond motifs is 1. The summed E-state index contributed by atoms with van der Waals surface area (Å²) < 4.78 is 15.5. The minimum Gasteiger partial charge on any atom is -0.339 e. The number of nitrogens with zero attached hydrogens (tertiary/aromatic N) is 4. The number of aromatic nitrogens is 3. The van der Waals surface area contributed by atoms with E-state index in [0.717, 1.165) is 0 Å². The highest BCUT2D eigenvalue weighted by Gasteiger charge is 2.24. The third-order valence-corrected chi connectivity index (χ3v) is 5.43. The van der Waals surface area contributed by atoms with E-state index < -0.39 is 11.7 Å². The number of rotatable bonds is 6. The van der Waals surface area contributed by atoms with Gasteiger partial charge in [0.1, 0.15) is 17.2 Å². The van der Waals surface area contributed by atoms with E-state index in [1.54, 1.807) is 17.9 Å². The first kappa shape index (κ1) is 22.1.